The number of benzene rings is 2. The largest absolute Gasteiger partial charge is 0.421 e. The summed E-state index contributed by atoms with van der Waals surface area (Å²) in [5, 5.41) is 9.12. The van der Waals surface area contributed by atoms with Gasteiger partial charge in [0.1, 0.15) is 5.58 Å². The second-order valence-corrected chi connectivity index (χ2v) is 5.11. The molecule has 0 saturated carbocycles. The van der Waals surface area contributed by atoms with Gasteiger partial charge < -0.3 is 15.1 Å². The maximum absolute atomic E-state index is 12.3. The van der Waals surface area contributed by atoms with Gasteiger partial charge in [0.2, 0.25) is 0 Å². The van der Waals surface area contributed by atoms with Crippen LogP contribution in [-0.4, -0.2) is 12.6 Å². The van der Waals surface area contributed by atoms with Crippen LogP contribution in [0, 0.1) is 0 Å². The van der Waals surface area contributed by atoms with E-state index < -0.39 is 11.7 Å². The third kappa shape index (κ3) is 3.22. The summed E-state index contributed by atoms with van der Waals surface area (Å²) in [5.74, 6) is 0. The average molecular weight is 323 g/mol. The van der Waals surface area contributed by atoms with Gasteiger partial charge in [0.15, 0.2) is 5.69 Å². The van der Waals surface area contributed by atoms with Crippen LogP contribution >= 0.6 is 0 Å². The lowest BCUT2D eigenvalue weighted by Crippen LogP contribution is -2.24. The van der Waals surface area contributed by atoms with E-state index in [-0.39, 0.29) is 5.69 Å². The summed E-state index contributed by atoms with van der Waals surface area (Å²) in [4.78, 5) is 24.5. The number of carbonyl (C=O) groups is 1. The van der Waals surface area contributed by atoms with Crippen molar-refractivity contribution >= 4 is 34.1 Å². The van der Waals surface area contributed by atoms with E-state index in [4.69, 9.17) is 4.42 Å². The highest BCUT2D eigenvalue weighted by Crippen LogP contribution is 2.28. The first-order valence-corrected chi connectivity index (χ1v) is 7.62. The van der Waals surface area contributed by atoms with Crippen LogP contribution in [-0.2, 0) is 0 Å². The molecule has 0 saturated heterocycles. The summed E-state index contributed by atoms with van der Waals surface area (Å²) in [5.41, 5.74) is 1.13. The molecule has 2 amide bonds. The number of urea groups is 1. The number of hydrogen-bond acceptors (Lipinski definition) is 4. The molecule has 122 valence electrons. The molecule has 2 aromatic carbocycles. The summed E-state index contributed by atoms with van der Waals surface area (Å²) in [6.45, 7) is 2.51. The SMILES string of the molecule is CCNc1c(NC(=O)Nc2ccccc2)c(=O)oc2ccccc12. The Hall–Kier alpha value is -3.28. The number of hydrogen-bond donors (Lipinski definition) is 3. The molecule has 0 radical (unpaired) electrons. The van der Waals surface area contributed by atoms with Gasteiger partial charge >= 0.3 is 11.7 Å². The van der Waals surface area contributed by atoms with Crippen LogP contribution in [0.4, 0.5) is 21.9 Å². The maximum Gasteiger partial charge on any atom is 0.362 e. The van der Waals surface area contributed by atoms with Crippen molar-refractivity contribution in [3.63, 3.8) is 0 Å². The molecule has 1 heterocycles. The van der Waals surface area contributed by atoms with Crippen molar-refractivity contribution < 1.29 is 9.21 Å². The molecule has 6 heteroatoms. The Balaban J connectivity index is 1.96. The zero-order valence-corrected chi connectivity index (χ0v) is 13.1. The van der Waals surface area contributed by atoms with Crippen molar-refractivity contribution in [3.8, 4) is 0 Å². The first-order valence-electron chi connectivity index (χ1n) is 7.62. The van der Waals surface area contributed by atoms with E-state index >= 15 is 0 Å². The predicted molar refractivity (Wildman–Crippen MR) is 95.7 cm³/mol. The van der Waals surface area contributed by atoms with Crippen LogP contribution < -0.4 is 21.6 Å². The van der Waals surface area contributed by atoms with Crippen LogP contribution in [0.25, 0.3) is 11.0 Å². The normalized spacial score (nSPS) is 10.4. The van der Waals surface area contributed by atoms with Crippen molar-refractivity contribution in [3.05, 3.63) is 65.0 Å². The molecule has 0 aliphatic carbocycles. The van der Waals surface area contributed by atoms with Gasteiger partial charge in [0.05, 0.1) is 5.69 Å². The van der Waals surface area contributed by atoms with Gasteiger partial charge in [-0.1, -0.05) is 30.3 Å². The number of nitrogens with one attached hydrogen (secondary N) is 3. The van der Waals surface area contributed by atoms with Crippen LogP contribution in [0.5, 0.6) is 0 Å². The van der Waals surface area contributed by atoms with Gasteiger partial charge in [0.25, 0.3) is 0 Å². The molecule has 3 N–H and O–H groups in total. The van der Waals surface area contributed by atoms with E-state index in [0.29, 0.717) is 23.5 Å². The third-order valence-corrected chi connectivity index (χ3v) is 3.44. The Labute approximate surface area is 138 Å². The number of carbonyl (C=O) groups excluding carboxylic acids is 1. The fraction of sp³-hybridized carbons (Fsp3) is 0.111. The molecule has 3 rings (SSSR count). The molecular weight excluding hydrogens is 306 g/mol. The summed E-state index contributed by atoms with van der Waals surface area (Å²) < 4.78 is 5.29. The van der Waals surface area contributed by atoms with Crippen LogP contribution in [0.15, 0.2) is 63.8 Å². The number of amides is 2. The summed E-state index contributed by atoms with van der Waals surface area (Å²) in [6, 6.07) is 15.7. The second kappa shape index (κ2) is 6.87. The van der Waals surface area contributed by atoms with Crippen molar-refractivity contribution in [1.82, 2.24) is 0 Å². The molecule has 6 nitrogen and oxygen atoms in total. The van der Waals surface area contributed by atoms with Crippen LogP contribution in [0.2, 0.25) is 0 Å². The molecule has 0 aliphatic rings. The topological polar surface area (TPSA) is 83.4 Å². The third-order valence-electron chi connectivity index (χ3n) is 3.44. The molecule has 0 bridgehead atoms. The predicted octanol–water partition coefficient (Wildman–Crippen LogP) is 3.87. The highest BCUT2D eigenvalue weighted by molar-refractivity contribution is 6.05. The summed E-state index contributed by atoms with van der Waals surface area (Å²) in [7, 11) is 0. The van der Waals surface area contributed by atoms with Crippen LogP contribution in [0.1, 0.15) is 6.92 Å². The minimum atomic E-state index is -0.604. The van der Waals surface area contributed by atoms with Crippen LogP contribution in [0.3, 0.4) is 0 Å². The lowest BCUT2D eigenvalue weighted by molar-refractivity contribution is 0.262. The zero-order chi connectivity index (χ0) is 16.9. The van der Waals surface area contributed by atoms with Crippen molar-refractivity contribution in [2.45, 2.75) is 6.92 Å². The van der Waals surface area contributed by atoms with Crippen molar-refractivity contribution in [2.24, 2.45) is 0 Å². The van der Waals surface area contributed by atoms with E-state index in [1.807, 2.05) is 37.3 Å². The van der Waals surface area contributed by atoms with Gasteiger partial charge in [-0.15, -0.1) is 0 Å². The Bertz CT molecular complexity index is 920. The van der Waals surface area contributed by atoms with Crippen molar-refractivity contribution in [2.75, 3.05) is 22.5 Å². The molecule has 0 atom stereocenters. The molecule has 0 unspecified atom stereocenters. The number of fused-ring (bicyclic) bond motifs is 1. The summed E-state index contributed by atoms with van der Waals surface area (Å²) in [6.07, 6.45) is 0. The Morgan fingerprint density at radius 2 is 1.67 bits per heavy atom. The van der Waals surface area contributed by atoms with E-state index in [1.54, 1.807) is 24.3 Å². The highest BCUT2D eigenvalue weighted by atomic mass is 16.4. The molecule has 0 spiro atoms. The zero-order valence-electron chi connectivity index (χ0n) is 13.1. The fourth-order valence-corrected chi connectivity index (χ4v) is 2.42. The standard InChI is InChI=1S/C18H17N3O3/c1-2-19-15-13-10-6-7-11-14(13)24-17(22)16(15)21-18(23)20-12-8-4-3-5-9-12/h3-11,19H,2H2,1H3,(H2,20,21,23). The highest BCUT2D eigenvalue weighted by Gasteiger charge is 2.16. The summed E-state index contributed by atoms with van der Waals surface area (Å²) >= 11 is 0. The van der Waals surface area contributed by atoms with Gasteiger partial charge in [-0.3, -0.25) is 5.32 Å². The number of para-hydroxylation sites is 2. The molecule has 1 aromatic heterocycles. The second-order valence-electron chi connectivity index (χ2n) is 5.11. The first-order chi connectivity index (χ1) is 11.7. The quantitative estimate of drug-likeness (QED) is 0.636. The van der Waals surface area contributed by atoms with Crippen molar-refractivity contribution in [1.29, 1.82) is 0 Å². The van der Waals surface area contributed by atoms with Gasteiger partial charge in [-0.2, -0.15) is 0 Å². The fourth-order valence-electron chi connectivity index (χ4n) is 2.42. The minimum Gasteiger partial charge on any atom is -0.421 e. The van der Waals surface area contributed by atoms with Gasteiger partial charge in [-0.05, 0) is 31.2 Å². The Kier molecular flexibility index (Phi) is 4.47. The van der Waals surface area contributed by atoms with Gasteiger partial charge in [-0.25, -0.2) is 9.59 Å². The molecular formula is C18H17N3O3. The average Bonchev–Trinajstić information content (AvgIpc) is 2.59. The van der Waals surface area contributed by atoms with E-state index in [2.05, 4.69) is 16.0 Å². The lowest BCUT2D eigenvalue weighted by atomic mass is 10.2. The molecule has 3 aromatic rings. The number of rotatable bonds is 4. The monoisotopic (exact) mass is 323 g/mol. The lowest BCUT2D eigenvalue weighted by Gasteiger charge is -2.13. The van der Waals surface area contributed by atoms with E-state index in [0.717, 1.165) is 5.39 Å². The Morgan fingerprint density at radius 3 is 2.42 bits per heavy atom. The first kappa shape index (κ1) is 15.6. The molecule has 0 aliphatic heterocycles. The Morgan fingerprint density at radius 1 is 0.958 bits per heavy atom. The number of anilines is 3. The maximum atomic E-state index is 12.3. The van der Waals surface area contributed by atoms with E-state index in [9.17, 15) is 9.59 Å². The van der Waals surface area contributed by atoms with E-state index in [1.165, 1.54) is 0 Å². The molecule has 24 heavy (non-hydrogen) atoms. The van der Waals surface area contributed by atoms with Gasteiger partial charge in [0, 0.05) is 17.6 Å². The molecule has 0 fully saturated rings. The smallest absolute Gasteiger partial charge is 0.362 e. The minimum absolute atomic E-state index is 0.0870.